The molecule has 0 fully saturated rings. The maximum absolute atomic E-state index is 11.5. The fourth-order valence-electron chi connectivity index (χ4n) is 1.20. The van der Waals surface area contributed by atoms with E-state index >= 15 is 0 Å². The first kappa shape index (κ1) is 14.7. The first-order chi connectivity index (χ1) is 7.11. The van der Waals surface area contributed by atoms with Gasteiger partial charge in [0.2, 0.25) is 5.91 Å². The summed E-state index contributed by atoms with van der Waals surface area (Å²) in [5.41, 5.74) is 5.71. The summed E-state index contributed by atoms with van der Waals surface area (Å²) in [5, 5.41) is 11.5. The first-order valence-electron chi connectivity index (χ1n) is 5.27. The number of thioether (sulfide) groups is 1. The van der Waals surface area contributed by atoms with Crippen LogP contribution in [0.1, 0.15) is 26.2 Å². The lowest BCUT2D eigenvalue weighted by Gasteiger charge is -2.16. The highest BCUT2D eigenvalue weighted by atomic mass is 32.2. The van der Waals surface area contributed by atoms with E-state index in [9.17, 15) is 4.79 Å². The van der Waals surface area contributed by atoms with Crippen LogP contribution < -0.4 is 11.1 Å². The quantitative estimate of drug-likeness (QED) is 0.566. The first-order valence-corrected chi connectivity index (χ1v) is 6.67. The molecule has 4 nitrogen and oxygen atoms in total. The molecule has 5 heteroatoms. The third-order valence-electron chi connectivity index (χ3n) is 2.15. The highest BCUT2D eigenvalue weighted by Crippen LogP contribution is 2.00. The molecule has 0 heterocycles. The van der Waals surface area contributed by atoms with Gasteiger partial charge in [-0.3, -0.25) is 4.79 Å². The maximum Gasteiger partial charge on any atom is 0.237 e. The number of hydrogen-bond donors (Lipinski definition) is 3. The Labute approximate surface area is 96.0 Å². The van der Waals surface area contributed by atoms with Gasteiger partial charge in [0.1, 0.15) is 0 Å². The number of aliphatic hydroxyl groups excluding tert-OH is 1. The van der Waals surface area contributed by atoms with E-state index < -0.39 is 6.04 Å². The largest absolute Gasteiger partial charge is 0.396 e. The summed E-state index contributed by atoms with van der Waals surface area (Å²) in [4.78, 5) is 11.5. The fourth-order valence-corrected chi connectivity index (χ4v) is 1.69. The Morgan fingerprint density at radius 3 is 2.73 bits per heavy atom. The Morgan fingerprint density at radius 1 is 1.53 bits per heavy atom. The van der Waals surface area contributed by atoms with Crippen molar-refractivity contribution in [2.75, 3.05) is 18.6 Å². The Balaban J connectivity index is 3.70. The number of carbonyl (C=O) groups excluding carboxylic acids is 1. The molecule has 0 saturated carbocycles. The smallest absolute Gasteiger partial charge is 0.237 e. The molecule has 0 bridgehead atoms. The summed E-state index contributed by atoms with van der Waals surface area (Å²) >= 11 is 1.69. The van der Waals surface area contributed by atoms with Gasteiger partial charge in [-0.05, 0) is 38.2 Å². The molecule has 90 valence electrons. The highest BCUT2D eigenvalue weighted by molar-refractivity contribution is 7.98. The van der Waals surface area contributed by atoms with Gasteiger partial charge < -0.3 is 16.2 Å². The highest BCUT2D eigenvalue weighted by Gasteiger charge is 2.14. The van der Waals surface area contributed by atoms with Crippen molar-refractivity contribution in [2.45, 2.75) is 38.3 Å². The Hall–Kier alpha value is -0.260. The van der Waals surface area contributed by atoms with Crippen LogP contribution in [0, 0.1) is 0 Å². The zero-order chi connectivity index (χ0) is 11.7. The van der Waals surface area contributed by atoms with Gasteiger partial charge in [0.15, 0.2) is 0 Å². The molecule has 0 aromatic heterocycles. The third-order valence-corrected chi connectivity index (χ3v) is 2.80. The van der Waals surface area contributed by atoms with Crippen molar-refractivity contribution in [1.29, 1.82) is 0 Å². The fraction of sp³-hybridized carbons (Fsp3) is 0.900. The minimum atomic E-state index is -0.408. The van der Waals surface area contributed by atoms with E-state index in [-0.39, 0.29) is 18.6 Å². The van der Waals surface area contributed by atoms with Crippen molar-refractivity contribution in [3.8, 4) is 0 Å². The van der Waals surface area contributed by atoms with E-state index in [1.807, 2.05) is 13.2 Å². The molecular formula is C10H22N2O2S. The molecule has 0 aromatic carbocycles. The predicted octanol–water partition coefficient (Wildman–Crippen LogP) is 0.344. The standard InChI is InChI=1S/C10H22N2O2S/c1-8(4-3-6-13)12-10(14)9(11)5-7-15-2/h8-9,13H,3-7,11H2,1-2H3,(H,12,14)/t8?,9-/m0/s1. The predicted molar refractivity (Wildman–Crippen MR) is 64.9 cm³/mol. The normalized spacial score (nSPS) is 14.7. The third kappa shape index (κ3) is 7.64. The summed E-state index contributed by atoms with van der Waals surface area (Å²) < 4.78 is 0. The van der Waals surface area contributed by atoms with Crippen molar-refractivity contribution in [2.24, 2.45) is 5.73 Å². The second kappa shape index (κ2) is 9.00. The average Bonchev–Trinajstić information content (AvgIpc) is 2.22. The molecule has 0 rings (SSSR count). The number of nitrogens with one attached hydrogen (secondary N) is 1. The number of aliphatic hydroxyl groups is 1. The van der Waals surface area contributed by atoms with Crippen LogP contribution in [-0.2, 0) is 4.79 Å². The van der Waals surface area contributed by atoms with Crippen molar-refractivity contribution in [3.63, 3.8) is 0 Å². The van der Waals surface area contributed by atoms with E-state index in [1.165, 1.54) is 0 Å². The maximum atomic E-state index is 11.5. The van der Waals surface area contributed by atoms with Gasteiger partial charge in [0.25, 0.3) is 0 Å². The molecule has 4 N–H and O–H groups in total. The van der Waals surface area contributed by atoms with Crippen LogP contribution in [0.2, 0.25) is 0 Å². The van der Waals surface area contributed by atoms with Crippen molar-refractivity contribution >= 4 is 17.7 Å². The van der Waals surface area contributed by atoms with Crippen LogP contribution in [0.5, 0.6) is 0 Å². The average molecular weight is 234 g/mol. The van der Waals surface area contributed by atoms with Crippen LogP contribution in [0.15, 0.2) is 0 Å². The molecule has 0 saturated heterocycles. The van der Waals surface area contributed by atoms with Gasteiger partial charge in [-0.1, -0.05) is 0 Å². The summed E-state index contributed by atoms with van der Waals surface area (Å²) in [6.07, 6.45) is 4.20. The second-order valence-electron chi connectivity index (χ2n) is 3.66. The zero-order valence-corrected chi connectivity index (χ0v) is 10.3. The van der Waals surface area contributed by atoms with E-state index in [0.29, 0.717) is 12.8 Å². The molecule has 0 aliphatic rings. The monoisotopic (exact) mass is 234 g/mol. The lowest BCUT2D eigenvalue weighted by atomic mass is 10.1. The Morgan fingerprint density at radius 2 is 2.20 bits per heavy atom. The lowest BCUT2D eigenvalue weighted by Crippen LogP contribution is -2.44. The number of nitrogens with two attached hydrogens (primary N) is 1. The second-order valence-corrected chi connectivity index (χ2v) is 4.65. The van der Waals surface area contributed by atoms with Gasteiger partial charge in [-0.25, -0.2) is 0 Å². The van der Waals surface area contributed by atoms with Crippen molar-refractivity contribution < 1.29 is 9.90 Å². The van der Waals surface area contributed by atoms with Gasteiger partial charge in [0.05, 0.1) is 6.04 Å². The Kier molecular flexibility index (Phi) is 8.85. The number of rotatable bonds is 8. The van der Waals surface area contributed by atoms with Crippen molar-refractivity contribution in [1.82, 2.24) is 5.32 Å². The molecule has 0 aromatic rings. The van der Waals surface area contributed by atoms with Gasteiger partial charge in [0, 0.05) is 12.6 Å². The van der Waals surface area contributed by atoms with E-state index in [1.54, 1.807) is 11.8 Å². The van der Waals surface area contributed by atoms with E-state index in [4.69, 9.17) is 10.8 Å². The number of amides is 1. The SMILES string of the molecule is CSCC[C@H](N)C(=O)NC(C)CCCO. The zero-order valence-electron chi connectivity index (χ0n) is 9.53. The van der Waals surface area contributed by atoms with E-state index in [2.05, 4.69) is 5.32 Å². The minimum Gasteiger partial charge on any atom is -0.396 e. The lowest BCUT2D eigenvalue weighted by molar-refractivity contribution is -0.123. The van der Waals surface area contributed by atoms with E-state index in [0.717, 1.165) is 12.2 Å². The molecule has 0 spiro atoms. The summed E-state index contributed by atoms with van der Waals surface area (Å²) in [7, 11) is 0. The summed E-state index contributed by atoms with van der Waals surface area (Å²) in [6, 6.07) is -0.320. The van der Waals surface area contributed by atoms with Crippen LogP contribution in [0.3, 0.4) is 0 Å². The molecule has 1 amide bonds. The molecule has 0 radical (unpaired) electrons. The molecule has 15 heavy (non-hydrogen) atoms. The van der Waals surface area contributed by atoms with Gasteiger partial charge in [-0.2, -0.15) is 11.8 Å². The molecular weight excluding hydrogens is 212 g/mol. The summed E-state index contributed by atoms with van der Waals surface area (Å²) in [6.45, 7) is 2.09. The van der Waals surface area contributed by atoms with Gasteiger partial charge >= 0.3 is 0 Å². The van der Waals surface area contributed by atoms with Crippen molar-refractivity contribution in [3.05, 3.63) is 0 Å². The topological polar surface area (TPSA) is 75.4 Å². The van der Waals surface area contributed by atoms with Crippen LogP contribution in [-0.4, -0.2) is 41.7 Å². The minimum absolute atomic E-state index is 0.0879. The van der Waals surface area contributed by atoms with Gasteiger partial charge in [-0.15, -0.1) is 0 Å². The van der Waals surface area contributed by atoms with Crippen LogP contribution in [0.25, 0.3) is 0 Å². The van der Waals surface area contributed by atoms with Crippen LogP contribution in [0.4, 0.5) is 0 Å². The molecule has 2 atom stereocenters. The van der Waals surface area contributed by atoms with Crippen LogP contribution >= 0.6 is 11.8 Å². The molecule has 0 aliphatic carbocycles. The summed E-state index contributed by atoms with van der Waals surface area (Å²) in [5.74, 6) is 0.814. The molecule has 0 aliphatic heterocycles. The number of hydrogen-bond acceptors (Lipinski definition) is 4. The Bertz CT molecular complexity index is 179. The number of carbonyl (C=O) groups is 1. The molecule has 1 unspecified atom stereocenters.